The van der Waals surface area contributed by atoms with Crippen molar-refractivity contribution in [2.24, 2.45) is 5.73 Å². The van der Waals surface area contributed by atoms with Crippen LogP contribution < -0.4 is 10.6 Å². The molecular formula is C14H24N2O. The number of anilines is 1. The van der Waals surface area contributed by atoms with Crippen LogP contribution in [-0.2, 0) is 0 Å². The fourth-order valence-electron chi connectivity index (χ4n) is 1.84. The molecule has 96 valence electrons. The lowest BCUT2D eigenvalue weighted by Gasteiger charge is -2.30. The molecule has 0 saturated heterocycles. The summed E-state index contributed by atoms with van der Waals surface area (Å²) in [7, 11) is 0. The predicted octanol–water partition coefficient (Wildman–Crippen LogP) is 2.30. The van der Waals surface area contributed by atoms with Gasteiger partial charge in [0.25, 0.3) is 0 Å². The Bertz CT molecular complexity index is 338. The van der Waals surface area contributed by atoms with Crippen molar-refractivity contribution in [2.45, 2.75) is 39.3 Å². The molecule has 1 rings (SSSR count). The standard InChI is InChI=1S/C14H24N2O/c1-5-16(10-14(3,4)17)13-8-6-12(7-9-13)11(2)15/h6-9,11,17H,5,10,15H2,1-4H3. The Balaban J connectivity index is 2.82. The average Bonchev–Trinajstić information content (AvgIpc) is 2.25. The zero-order valence-electron chi connectivity index (χ0n) is 11.3. The molecule has 0 radical (unpaired) electrons. The maximum atomic E-state index is 9.86. The molecule has 0 heterocycles. The zero-order chi connectivity index (χ0) is 13.1. The number of aliphatic hydroxyl groups is 1. The lowest BCUT2D eigenvalue weighted by atomic mass is 10.1. The van der Waals surface area contributed by atoms with E-state index < -0.39 is 5.60 Å². The van der Waals surface area contributed by atoms with E-state index in [0.29, 0.717) is 6.54 Å². The Morgan fingerprint density at radius 3 is 2.18 bits per heavy atom. The molecule has 3 heteroatoms. The predicted molar refractivity (Wildman–Crippen MR) is 73.2 cm³/mol. The van der Waals surface area contributed by atoms with Gasteiger partial charge < -0.3 is 15.7 Å². The summed E-state index contributed by atoms with van der Waals surface area (Å²) >= 11 is 0. The van der Waals surface area contributed by atoms with Gasteiger partial charge in [-0.05, 0) is 45.4 Å². The van der Waals surface area contributed by atoms with E-state index in [2.05, 4.69) is 24.0 Å². The Kier molecular flexibility index (Phi) is 4.54. The quantitative estimate of drug-likeness (QED) is 0.824. The lowest BCUT2D eigenvalue weighted by Crippen LogP contribution is -2.38. The summed E-state index contributed by atoms with van der Waals surface area (Å²) in [4.78, 5) is 2.16. The molecule has 0 spiro atoms. The minimum atomic E-state index is -0.685. The van der Waals surface area contributed by atoms with Crippen LogP contribution in [0, 0.1) is 0 Å². The second kappa shape index (κ2) is 5.52. The van der Waals surface area contributed by atoms with Crippen LogP contribution in [0.25, 0.3) is 0 Å². The normalized spacial score (nSPS) is 13.5. The molecule has 0 saturated carbocycles. The number of hydrogen-bond acceptors (Lipinski definition) is 3. The molecule has 0 bridgehead atoms. The molecule has 3 nitrogen and oxygen atoms in total. The molecule has 1 unspecified atom stereocenters. The zero-order valence-corrected chi connectivity index (χ0v) is 11.3. The van der Waals surface area contributed by atoms with Crippen LogP contribution in [0.15, 0.2) is 24.3 Å². The van der Waals surface area contributed by atoms with E-state index in [9.17, 15) is 5.11 Å². The molecule has 0 amide bonds. The second-order valence-corrected chi connectivity index (χ2v) is 5.21. The summed E-state index contributed by atoms with van der Waals surface area (Å²) in [5.74, 6) is 0. The van der Waals surface area contributed by atoms with Crippen molar-refractivity contribution >= 4 is 5.69 Å². The van der Waals surface area contributed by atoms with Crippen molar-refractivity contribution in [3.63, 3.8) is 0 Å². The molecule has 1 aromatic carbocycles. The van der Waals surface area contributed by atoms with E-state index in [0.717, 1.165) is 17.8 Å². The van der Waals surface area contributed by atoms with Crippen molar-refractivity contribution in [3.8, 4) is 0 Å². The second-order valence-electron chi connectivity index (χ2n) is 5.21. The van der Waals surface area contributed by atoms with E-state index in [1.165, 1.54) is 0 Å². The van der Waals surface area contributed by atoms with Gasteiger partial charge in [0, 0.05) is 24.8 Å². The van der Waals surface area contributed by atoms with Crippen LogP contribution >= 0.6 is 0 Å². The highest BCUT2D eigenvalue weighted by atomic mass is 16.3. The maximum absolute atomic E-state index is 9.86. The summed E-state index contributed by atoms with van der Waals surface area (Å²) in [6.07, 6.45) is 0. The highest BCUT2D eigenvalue weighted by Crippen LogP contribution is 2.19. The Labute approximate surface area is 104 Å². The van der Waals surface area contributed by atoms with Crippen molar-refractivity contribution in [2.75, 3.05) is 18.0 Å². The smallest absolute Gasteiger partial charge is 0.0765 e. The average molecular weight is 236 g/mol. The molecule has 0 aliphatic carbocycles. The van der Waals surface area contributed by atoms with Crippen molar-refractivity contribution in [3.05, 3.63) is 29.8 Å². The molecule has 0 fully saturated rings. The van der Waals surface area contributed by atoms with E-state index in [4.69, 9.17) is 5.73 Å². The van der Waals surface area contributed by atoms with Crippen LogP contribution in [0.5, 0.6) is 0 Å². The summed E-state index contributed by atoms with van der Waals surface area (Å²) in [5, 5.41) is 9.86. The van der Waals surface area contributed by atoms with Crippen molar-refractivity contribution in [1.82, 2.24) is 0 Å². The highest BCUT2D eigenvalue weighted by molar-refractivity contribution is 5.48. The van der Waals surface area contributed by atoms with E-state index >= 15 is 0 Å². The van der Waals surface area contributed by atoms with Gasteiger partial charge in [-0.15, -0.1) is 0 Å². The van der Waals surface area contributed by atoms with Gasteiger partial charge in [-0.3, -0.25) is 0 Å². The van der Waals surface area contributed by atoms with Crippen molar-refractivity contribution < 1.29 is 5.11 Å². The van der Waals surface area contributed by atoms with Gasteiger partial charge >= 0.3 is 0 Å². The van der Waals surface area contributed by atoms with Gasteiger partial charge in [-0.2, -0.15) is 0 Å². The summed E-state index contributed by atoms with van der Waals surface area (Å²) in [5.41, 5.74) is 7.39. The van der Waals surface area contributed by atoms with Crippen LogP contribution in [0.2, 0.25) is 0 Å². The van der Waals surface area contributed by atoms with E-state index in [1.54, 1.807) is 0 Å². The maximum Gasteiger partial charge on any atom is 0.0765 e. The summed E-state index contributed by atoms with van der Waals surface area (Å²) in [6.45, 7) is 9.22. The number of nitrogens with two attached hydrogens (primary N) is 1. The summed E-state index contributed by atoms with van der Waals surface area (Å²) in [6, 6.07) is 8.29. The SMILES string of the molecule is CCN(CC(C)(C)O)c1ccc(C(C)N)cc1. The third-order valence-corrected chi connectivity index (χ3v) is 2.74. The van der Waals surface area contributed by atoms with Crippen LogP contribution in [0.4, 0.5) is 5.69 Å². The van der Waals surface area contributed by atoms with E-state index in [-0.39, 0.29) is 6.04 Å². The molecular weight excluding hydrogens is 212 g/mol. The van der Waals surface area contributed by atoms with Gasteiger partial charge in [0.15, 0.2) is 0 Å². The van der Waals surface area contributed by atoms with Crippen LogP contribution in [-0.4, -0.2) is 23.8 Å². The van der Waals surface area contributed by atoms with Gasteiger partial charge in [-0.25, -0.2) is 0 Å². The number of rotatable bonds is 5. The topological polar surface area (TPSA) is 49.5 Å². The monoisotopic (exact) mass is 236 g/mol. The fraction of sp³-hybridized carbons (Fsp3) is 0.571. The van der Waals surface area contributed by atoms with E-state index in [1.807, 2.05) is 32.9 Å². The number of benzene rings is 1. The van der Waals surface area contributed by atoms with Crippen LogP contribution in [0.1, 0.15) is 39.3 Å². The first-order valence-electron chi connectivity index (χ1n) is 6.16. The number of hydrogen-bond donors (Lipinski definition) is 2. The van der Waals surface area contributed by atoms with Crippen molar-refractivity contribution in [1.29, 1.82) is 0 Å². The van der Waals surface area contributed by atoms with Gasteiger partial charge in [0.1, 0.15) is 0 Å². The molecule has 17 heavy (non-hydrogen) atoms. The first-order valence-corrected chi connectivity index (χ1v) is 6.16. The molecule has 0 aliphatic rings. The fourth-order valence-corrected chi connectivity index (χ4v) is 1.84. The third-order valence-electron chi connectivity index (χ3n) is 2.74. The lowest BCUT2D eigenvalue weighted by molar-refractivity contribution is 0.0876. The van der Waals surface area contributed by atoms with Gasteiger partial charge in [0.05, 0.1) is 5.60 Å². The molecule has 1 atom stereocenters. The molecule has 3 N–H and O–H groups in total. The molecule has 0 aromatic heterocycles. The van der Waals surface area contributed by atoms with Gasteiger partial charge in [-0.1, -0.05) is 12.1 Å². The molecule has 1 aromatic rings. The minimum Gasteiger partial charge on any atom is -0.389 e. The largest absolute Gasteiger partial charge is 0.389 e. The third kappa shape index (κ3) is 4.36. The first-order chi connectivity index (χ1) is 7.83. The van der Waals surface area contributed by atoms with Gasteiger partial charge in [0.2, 0.25) is 0 Å². The highest BCUT2D eigenvalue weighted by Gasteiger charge is 2.17. The minimum absolute atomic E-state index is 0.0633. The Hall–Kier alpha value is -1.06. The van der Waals surface area contributed by atoms with Crippen LogP contribution in [0.3, 0.4) is 0 Å². The Morgan fingerprint density at radius 1 is 1.29 bits per heavy atom. The number of likely N-dealkylation sites (N-methyl/N-ethyl adjacent to an activating group) is 1. The summed E-state index contributed by atoms with van der Waals surface area (Å²) < 4.78 is 0. The number of nitrogens with zero attached hydrogens (tertiary/aromatic N) is 1. The Morgan fingerprint density at radius 2 is 1.82 bits per heavy atom. The first kappa shape index (κ1) is 14.0. The molecule has 0 aliphatic heterocycles.